The summed E-state index contributed by atoms with van der Waals surface area (Å²) in [6, 6.07) is 11.8. The summed E-state index contributed by atoms with van der Waals surface area (Å²) < 4.78 is 13.2. The smallest absolute Gasteiger partial charge is 0.253 e. The van der Waals surface area contributed by atoms with Crippen LogP contribution in [0.5, 0.6) is 0 Å². The second kappa shape index (κ2) is 9.14. The van der Waals surface area contributed by atoms with Gasteiger partial charge in [-0.25, -0.2) is 4.39 Å². The average molecular weight is 430 g/mol. The Hall–Kier alpha value is -2.44. The van der Waals surface area contributed by atoms with Crippen molar-refractivity contribution in [2.45, 2.75) is 25.8 Å². The molecule has 0 unspecified atom stereocenters. The molecule has 5 nitrogen and oxygen atoms in total. The van der Waals surface area contributed by atoms with E-state index in [9.17, 15) is 14.0 Å². The van der Waals surface area contributed by atoms with Gasteiger partial charge in [0.2, 0.25) is 5.91 Å². The van der Waals surface area contributed by atoms with E-state index in [-0.39, 0.29) is 17.6 Å². The molecule has 0 bridgehead atoms. The van der Waals surface area contributed by atoms with E-state index < -0.39 is 0 Å². The number of carbonyl (C=O) groups is 2. The van der Waals surface area contributed by atoms with Crippen LogP contribution in [0.15, 0.2) is 42.5 Å². The largest absolute Gasteiger partial charge is 0.336 e. The number of anilines is 1. The van der Waals surface area contributed by atoms with Gasteiger partial charge in [-0.15, -0.1) is 0 Å². The Morgan fingerprint density at radius 3 is 2.37 bits per heavy atom. The van der Waals surface area contributed by atoms with Crippen molar-refractivity contribution in [2.24, 2.45) is 0 Å². The average Bonchev–Trinajstić information content (AvgIpc) is 2.76. The number of carbonyl (C=O) groups excluding carboxylic acids is 2. The predicted molar refractivity (Wildman–Crippen MR) is 115 cm³/mol. The van der Waals surface area contributed by atoms with E-state index in [4.69, 9.17) is 11.6 Å². The van der Waals surface area contributed by atoms with Crippen LogP contribution >= 0.6 is 11.6 Å². The fourth-order valence-corrected chi connectivity index (χ4v) is 4.27. The van der Waals surface area contributed by atoms with Crippen molar-refractivity contribution in [3.8, 4) is 0 Å². The van der Waals surface area contributed by atoms with Gasteiger partial charge in [-0.1, -0.05) is 17.7 Å². The van der Waals surface area contributed by atoms with Gasteiger partial charge in [0.05, 0.1) is 0 Å². The summed E-state index contributed by atoms with van der Waals surface area (Å²) >= 11 is 6.13. The molecule has 0 atom stereocenters. The van der Waals surface area contributed by atoms with Gasteiger partial charge in [-0.05, 0) is 54.8 Å². The van der Waals surface area contributed by atoms with Crippen molar-refractivity contribution in [3.05, 3.63) is 64.4 Å². The molecular weight excluding hydrogens is 405 g/mol. The second-order valence-electron chi connectivity index (χ2n) is 7.85. The summed E-state index contributed by atoms with van der Waals surface area (Å²) in [5.41, 5.74) is 2.39. The molecule has 0 spiro atoms. The Morgan fingerprint density at radius 2 is 1.70 bits per heavy atom. The summed E-state index contributed by atoms with van der Waals surface area (Å²) in [4.78, 5) is 30.8. The molecule has 2 aliphatic rings. The molecule has 2 saturated heterocycles. The SMILES string of the molecule is O=C(c1ccc(N2CCCCC2=O)cc1)N1CCN(Cc2ccc(F)cc2Cl)CC1. The molecule has 7 heteroatoms. The van der Waals surface area contributed by atoms with Crippen molar-refractivity contribution < 1.29 is 14.0 Å². The predicted octanol–water partition coefficient (Wildman–Crippen LogP) is 3.95. The first kappa shape index (κ1) is 20.8. The molecule has 0 N–H and O–H groups in total. The van der Waals surface area contributed by atoms with E-state index in [0.29, 0.717) is 36.6 Å². The Bertz CT molecular complexity index is 927. The van der Waals surface area contributed by atoms with Gasteiger partial charge in [0.15, 0.2) is 0 Å². The van der Waals surface area contributed by atoms with Crippen LogP contribution in [0.1, 0.15) is 35.2 Å². The molecule has 30 heavy (non-hydrogen) atoms. The summed E-state index contributed by atoms with van der Waals surface area (Å²) in [6.07, 6.45) is 2.55. The van der Waals surface area contributed by atoms with Crippen LogP contribution in [-0.4, -0.2) is 54.3 Å². The maximum atomic E-state index is 13.2. The highest BCUT2D eigenvalue weighted by molar-refractivity contribution is 6.31. The summed E-state index contributed by atoms with van der Waals surface area (Å²) in [5.74, 6) is -0.182. The monoisotopic (exact) mass is 429 g/mol. The first-order valence-corrected chi connectivity index (χ1v) is 10.7. The number of piperidine rings is 1. The lowest BCUT2D eigenvalue weighted by Crippen LogP contribution is -2.48. The first-order valence-electron chi connectivity index (χ1n) is 10.4. The number of nitrogens with zero attached hydrogens (tertiary/aromatic N) is 3. The topological polar surface area (TPSA) is 43.9 Å². The van der Waals surface area contributed by atoms with E-state index in [2.05, 4.69) is 4.90 Å². The van der Waals surface area contributed by atoms with Gasteiger partial charge in [0.25, 0.3) is 5.91 Å². The third-order valence-electron chi connectivity index (χ3n) is 5.82. The number of rotatable bonds is 4. The van der Waals surface area contributed by atoms with Crippen molar-refractivity contribution >= 4 is 29.1 Å². The fraction of sp³-hybridized carbons (Fsp3) is 0.391. The highest BCUT2D eigenvalue weighted by atomic mass is 35.5. The second-order valence-corrected chi connectivity index (χ2v) is 8.26. The zero-order valence-electron chi connectivity index (χ0n) is 16.8. The van der Waals surface area contributed by atoms with Crippen LogP contribution < -0.4 is 4.90 Å². The molecule has 2 heterocycles. The van der Waals surface area contributed by atoms with Gasteiger partial charge in [-0.2, -0.15) is 0 Å². The highest BCUT2D eigenvalue weighted by Crippen LogP contribution is 2.23. The van der Waals surface area contributed by atoms with E-state index in [1.807, 2.05) is 29.2 Å². The maximum absolute atomic E-state index is 13.2. The number of hydrogen-bond donors (Lipinski definition) is 0. The normalized spacial score (nSPS) is 18.0. The van der Waals surface area contributed by atoms with Crippen molar-refractivity contribution in [2.75, 3.05) is 37.6 Å². The van der Waals surface area contributed by atoms with Gasteiger partial charge >= 0.3 is 0 Å². The van der Waals surface area contributed by atoms with Gasteiger partial charge < -0.3 is 9.80 Å². The van der Waals surface area contributed by atoms with Gasteiger partial charge in [0, 0.05) is 62.0 Å². The molecule has 4 rings (SSSR count). The summed E-state index contributed by atoms with van der Waals surface area (Å²) in [5, 5.41) is 0.431. The van der Waals surface area contributed by atoms with Crippen molar-refractivity contribution in [3.63, 3.8) is 0 Å². The molecule has 0 radical (unpaired) electrons. The quantitative estimate of drug-likeness (QED) is 0.739. The van der Waals surface area contributed by atoms with Gasteiger partial charge in [0.1, 0.15) is 5.82 Å². The van der Waals surface area contributed by atoms with E-state index in [1.165, 1.54) is 12.1 Å². The summed E-state index contributed by atoms with van der Waals surface area (Å²) in [7, 11) is 0. The third kappa shape index (κ3) is 4.65. The van der Waals surface area contributed by atoms with Crippen LogP contribution in [0.2, 0.25) is 5.02 Å². The minimum atomic E-state index is -0.338. The zero-order chi connectivity index (χ0) is 21.1. The lowest BCUT2D eigenvalue weighted by atomic mass is 10.1. The standard InChI is InChI=1S/C23H25ClFN3O2/c24-21-15-19(25)7-4-18(21)16-26-11-13-27(14-12-26)23(30)17-5-8-20(9-6-17)28-10-2-1-3-22(28)29/h4-9,15H,1-3,10-14,16H2. The number of hydrogen-bond acceptors (Lipinski definition) is 3. The first-order chi connectivity index (χ1) is 14.5. The lowest BCUT2D eigenvalue weighted by Gasteiger charge is -2.35. The number of amides is 2. The molecule has 2 aromatic carbocycles. The maximum Gasteiger partial charge on any atom is 0.253 e. The van der Waals surface area contributed by atoms with E-state index >= 15 is 0 Å². The van der Waals surface area contributed by atoms with E-state index in [1.54, 1.807) is 11.0 Å². The van der Waals surface area contributed by atoms with Crippen LogP contribution in [0.3, 0.4) is 0 Å². The van der Waals surface area contributed by atoms with Crippen LogP contribution in [0.4, 0.5) is 10.1 Å². The number of piperazine rings is 1. The van der Waals surface area contributed by atoms with E-state index in [0.717, 1.165) is 43.7 Å². The summed E-state index contributed by atoms with van der Waals surface area (Å²) in [6.45, 7) is 4.11. The van der Waals surface area contributed by atoms with Crippen molar-refractivity contribution in [1.82, 2.24) is 9.80 Å². The van der Waals surface area contributed by atoms with Crippen LogP contribution in [-0.2, 0) is 11.3 Å². The Kier molecular flexibility index (Phi) is 6.35. The third-order valence-corrected chi connectivity index (χ3v) is 6.17. The Morgan fingerprint density at radius 1 is 0.967 bits per heavy atom. The molecule has 2 aliphatic heterocycles. The fourth-order valence-electron chi connectivity index (χ4n) is 4.05. The van der Waals surface area contributed by atoms with Gasteiger partial charge in [-0.3, -0.25) is 14.5 Å². The lowest BCUT2D eigenvalue weighted by molar-refractivity contribution is -0.119. The van der Waals surface area contributed by atoms with Crippen LogP contribution in [0.25, 0.3) is 0 Å². The molecule has 0 aliphatic carbocycles. The number of halogens is 2. The minimum Gasteiger partial charge on any atom is -0.336 e. The molecule has 158 valence electrons. The molecular formula is C23H25ClFN3O2. The molecule has 0 saturated carbocycles. The van der Waals surface area contributed by atoms with Crippen LogP contribution in [0, 0.1) is 5.82 Å². The van der Waals surface area contributed by atoms with Crippen molar-refractivity contribution in [1.29, 1.82) is 0 Å². The zero-order valence-corrected chi connectivity index (χ0v) is 17.6. The highest BCUT2D eigenvalue weighted by Gasteiger charge is 2.24. The molecule has 0 aromatic heterocycles. The number of benzene rings is 2. The minimum absolute atomic E-state index is 0.00554. The molecule has 2 aromatic rings. The molecule has 2 amide bonds. The Balaban J connectivity index is 1.33. The molecule has 2 fully saturated rings. The Labute approximate surface area is 181 Å².